The van der Waals surface area contributed by atoms with Crippen LogP contribution in [-0.2, 0) is 0 Å². The maximum Gasteiger partial charge on any atom is 0.127 e. The highest BCUT2D eigenvalue weighted by molar-refractivity contribution is 5.88. The second kappa shape index (κ2) is 12.5. The van der Waals surface area contributed by atoms with Crippen LogP contribution in [0.25, 0.3) is 10.8 Å². The van der Waals surface area contributed by atoms with Gasteiger partial charge in [-0.05, 0) is 61.1 Å². The summed E-state index contributed by atoms with van der Waals surface area (Å²) in [5.41, 5.74) is 14.2. The van der Waals surface area contributed by atoms with Gasteiger partial charge in [-0.3, -0.25) is 0 Å². The van der Waals surface area contributed by atoms with Gasteiger partial charge in [-0.25, -0.2) is 0 Å². The van der Waals surface area contributed by atoms with E-state index in [1.807, 2.05) is 24.3 Å². The smallest absolute Gasteiger partial charge is 0.127 e. The van der Waals surface area contributed by atoms with Crippen LogP contribution in [0.5, 0.6) is 5.75 Å². The molecular formula is C26H39N3O. The van der Waals surface area contributed by atoms with E-state index in [1.54, 1.807) is 0 Å². The lowest BCUT2D eigenvalue weighted by molar-refractivity contribution is 0.335. The fourth-order valence-corrected chi connectivity index (χ4v) is 3.60. The first-order valence-electron chi connectivity index (χ1n) is 11.3. The normalized spacial score (nSPS) is 14.1. The molecule has 4 nitrogen and oxygen atoms in total. The van der Waals surface area contributed by atoms with Crippen molar-refractivity contribution in [1.29, 1.82) is 5.41 Å². The van der Waals surface area contributed by atoms with Crippen molar-refractivity contribution in [2.45, 2.75) is 58.9 Å². The van der Waals surface area contributed by atoms with E-state index in [-0.39, 0.29) is 17.9 Å². The van der Waals surface area contributed by atoms with Crippen molar-refractivity contribution in [2.24, 2.45) is 23.3 Å². The number of fused-ring (bicyclic) bond motifs is 1. The van der Waals surface area contributed by atoms with Crippen LogP contribution in [0.2, 0.25) is 0 Å². The summed E-state index contributed by atoms with van der Waals surface area (Å²) in [5, 5.41) is 10.5. The molecule has 164 valence electrons. The Balaban J connectivity index is 2.11. The maximum absolute atomic E-state index is 8.23. The van der Waals surface area contributed by atoms with Crippen LogP contribution in [0.15, 0.2) is 54.1 Å². The van der Waals surface area contributed by atoms with Crippen molar-refractivity contribution in [3.63, 3.8) is 0 Å². The van der Waals surface area contributed by atoms with Gasteiger partial charge in [-0.1, -0.05) is 69.7 Å². The molecule has 30 heavy (non-hydrogen) atoms. The quantitative estimate of drug-likeness (QED) is 0.225. The number of ether oxygens (including phenoxy) is 1. The van der Waals surface area contributed by atoms with Gasteiger partial charge in [0, 0.05) is 17.1 Å². The topological polar surface area (TPSA) is 85.1 Å². The van der Waals surface area contributed by atoms with Gasteiger partial charge in [-0.15, -0.1) is 0 Å². The summed E-state index contributed by atoms with van der Waals surface area (Å²) >= 11 is 0. The molecule has 0 fully saturated rings. The molecule has 0 amide bonds. The lowest BCUT2D eigenvalue weighted by Crippen LogP contribution is -2.34. The van der Waals surface area contributed by atoms with Crippen molar-refractivity contribution in [2.75, 3.05) is 13.2 Å². The monoisotopic (exact) mass is 409 g/mol. The van der Waals surface area contributed by atoms with Crippen LogP contribution in [-0.4, -0.2) is 24.9 Å². The van der Waals surface area contributed by atoms with Crippen LogP contribution in [0.3, 0.4) is 0 Å². The minimum Gasteiger partial charge on any atom is -0.489 e. The zero-order chi connectivity index (χ0) is 21.9. The average molecular weight is 410 g/mol. The Morgan fingerprint density at radius 1 is 1.03 bits per heavy atom. The van der Waals surface area contributed by atoms with Crippen LogP contribution in [0.1, 0.15) is 52.9 Å². The molecule has 2 aromatic carbocycles. The lowest BCUT2D eigenvalue weighted by atomic mass is 9.87. The Bertz CT molecular complexity index is 823. The van der Waals surface area contributed by atoms with E-state index in [0.717, 1.165) is 61.1 Å². The minimum absolute atomic E-state index is 0.117. The predicted molar refractivity (Wildman–Crippen MR) is 129 cm³/mol. The molecule has 2 unspecified atom stereocenters. The Labute approximate surface area is 182 Å². The van der Waals surface area contributed by atoms with E-state index in [4.69, 9.17) is 21.6 Å². The molecular weight excluding hydrogens is 370 g/mol. The van der Waals surface area contributed by atoms with Gasteiger partial charge in [0.15, 0.2) is 0 Å². The molecule has 0 aliphatic carbocycles. The van der Waals surface area contributed by atoms with E-state index in [1.165, 1.54) is 5.39 Å². The molecule has 0 aromatic heterocycles. The largest absolute Gasteiger partial charge is 0.489 e. The first kappa shape index (κ1) is 24.1. The highest BCUT2D eigenvalue weighted by Crippen LogP contribution is 2.26. The standard InChI is InChI=1S/C26H39N3O/c1-19(2)24(28)17-20(3)26(29)22(12-6-4-5-9-16-27)18-30-25-15-10-13-21-11-7-8-14-23(21)25/h7-8,10-15,19-20,26,28H,4-6,9,16-18,27,29H2,1-3H3. The summed E-state index contributed by atoms with van der Waals surface area (Å²) in [6, 6.07) is 14.3. The number of allylic oxidation sites excluding steroid dienone is 1. The predicted octanol–water partition coefficient (Wildman–Crippen LogP) is 5.69. The molecule has 0 radical (unpaired) electrons. The number of rotatable bonds is 13. The van der Waals surface area contributed by atoms with Crippen molar-refractivity contribution >= 4 is 16.5 Å². The molecule has 0 aliphatic heterocycles. The molecule has 0 aliphatic rings. The second-order valence-corrected chi connectivity index (χ2v) is 8.57. The molecule has 0 bridgehead atoms. The first-order valence-corrected chi connectivity index (χ1v) is 11.3. The van der Waals surface area contributed by atoms with Gasteiger partial charge in [0.25, 0.3) is 0 Å². The van der Waals surface area contributed by atoms with Crippen molar-refractivity contribution in [3.05, 3.63) is 54.1 Å². The summed E-state index contributed by atoms with van der Waals surface area (Å²) in [5.74, 6) is 1.35. The summed E-state index contributed by atoms with van der Waals surface area (Å²) < 4.78 is 6.26. The van der Waals surface area contributed by atoms with E-state index < -0.39 is 0 Å². The number of unbranched alkanes of at least 4 members (excludes halogenated alkanes) is 3. The molecule has 0 spiro atoms. The average Bonchev–Trinajstić information content (AvgIpc) is 2.75. The van der Waals surface area contributed by atoms with Crippen molar-refractivity contribution < 1.29 is 4.74 Å². The van der Waals surface area contributed by atoms with E-state index >= 15 is 0 Å². The summed E-state index contributed by atoms with van der Waals surface area (Å²) in [7, 11) is 0. The third-order valence-corrected chi connectivity index (χ3v) is 5.74. The van der Waals surface area contributed by atoms with Gasteiger partial charge in [0.05, 0.1) is 0 Å². The molecule has 0 saturated carbocycles. The number of nitrogens with one attached hydrogen (secondary N) is 1. The third kappa shape index (κ3) is 7.26. The van der Waals surface area contributed by atoms with Gasteiger partial charge >= 0.3 is 0 Å². The van der Waals surface area contributed by atoms with Crippen molar-refractivity contribution in [1.82, 2.24) is 0 Å². The number of hydrogen-bond donors (Lipinski definition) is 3. The van der Waals surface area contributed by atoms with Gasteiger partial charge in [0.2, 0.25) is 0 Å². The third-order valence-electron chi connectivity index (χ3n) is 5.74. The lowest BCUT2D eigenvalue weighted by Gasteiger charge is -2.25. The Kier molecular flexibility index (Phi) is 10.0. The summed E-state index contributed by atoms with van der Waals surface area (Å²) in [6.45, 7) is 7.50. The summed E-state index contributed by atoms with van der Waals surface area (Å²) in [4.78, 5) is 0. The molecule has 2 atom stereocenters. The maximum atomic E-state index is 8.23. The van der Waals surface area contributed by atoms with Crippen molar-refractivity contribution in [3.8, 4) is 5.75 Å². The zero-order valence-electron chi connectivity index (χ0n) is 18.9. The number of benzene rings is 2. The fraction of sp³-hybridized carbons (Fsp3) is 0.500. The van der Waals surface area contributed by atoms with E-state index in [2.05, 4.69) is 45.0 Å². The van der Waals surface area contributed by atoms with Crippen LogP contribution < -0.4 is 16.2 Å². The van der Waals surface area contributed by atoms with Gasteiger partial charge in [0.1, 0.15) is 12.4 Å². The highest BCUT2D eigenvalue weighted by Gasteiger charge is 2.20. The number of hydrogen-bond acceptors (Lipinski definition) is 4. The zero-order valence-corrected chi connectivity index (χ0v) is 18.9. The Morgan fingerprint density at radius 2 is 1.77 bits per heavy atom. The van der Waals surface area contributed by atoms with Gasteiger partial charge in [-0.2, -0.15) is 0 Å². The second-order valence-electron chi connectivity index (χ2n) is 8.57. The first-order chi connectivity index (χ1) is 14.4. The van der Waals surface area contributed by atoms with E-state index in [9.17, 15) is 0 Å². The summed E-state index contributed by atoms with van der Waals surface area (Å²) in [6.07, 6.45) is 7.25. The highest BCUT2D eigenvalue weighted by atomic mass is 16.5. The number of nitrogens with two attached hydrogens (primary N) is 2. The van der Waals surface area contributed by atoms with Crippen LogP contribution in [0.4, 0.5) is 0 Å². The SMILES string of the molecule is CC(C)C(=N)CC(C)C(N)C(=CCCCCCN)COc1cccc2ccccc12. The molecule has 4 heteroatoms. The van der Waals surface area contributed by atoms with E-state index in [0.29, 0.717) is 6.61 Å². The Hall–Kier alpha value is -2.17. The van der Waals surface area contributed by atoms with Crippen LogP contribution >= 0.6 is 0 Å². The molecule has 0 heterocycles. The van der Waals surface area contributed by atoms with Gasteiger partial charge < -0.3 is 21.6 Å². The fourth-order valence-electron chi connectivity index (χ4n) is 3.60. The Morgan fingerprint density at radius 3 is 2.50 bits per heavy atom. The molecule has 5 N–H and O–H groups in total. The molecule has 0 saturated heterocycles. The minimum atomic E-state index is -0.117. The molecule has 2 aromatic rings. The van der Waals surface area contributed by atoms with Crippen LogP contribution in [0, 0.1) is 17.2 Å². The molecule has 2 rings (SSSR count).